The van der Waals surface area contributed by atoms with Crippen LogP contribution in [0.15, 0.2) is 61.0 Å². The summed E-state index contributed by atoms with van der Waals surface area (Å²) in [4.78, 5) is 17.2. The number of para-hydroxylation sites is 1. The van der Waals surface area contributed by atoms with Crippen molar-refractivity contribution in [2.75, 3.05) is 10.7 Å². The largest absolute Gasteiger partial charge is 0.320 e. The van der Waals surface area contributed by atoms with Crippen LogP contribution in [0.3, 0.4) is 0 Å². The van der Waals surface area contributed by atoms with E-state index < -0.39 is 0 Å². The number of anilines is 2. The van der Waals surface area contributed by atoms with Gasteiger partial charge in [-0.25, -0.2) is 10.1 Å². The zero-order valence-electron chi connectivity index (χ0n) is 14.4. The van der Waals surface area contributed by atoms with Gasteiger partial charge in [0, 0.05) is 18.0 Å². The molecule has 1 aromatic heterocycles. The van der Waals surface area contributed by atoms with Crippen molar-refractivity contribution < 1.29 is 4.79 Å². The molecule has 3 N–H and O–H groups in total. The first-order valence-electron chi connectivity index (χ1n) is 8.22. The fourth-order valence-electron chi connectivity index (χ4n) is 2.62. The van der Waals surface area contributed by atoms with E-state index in [4.69, 9.17) is 11.6 Å². The van der Waals surface area contributed by atoms with Crippen molar-refractivity contribution in [2.24, 2.45) is 0 Å². The number of halogens is 1. The van der Waals surface area contributed by atoms with Crippen LogP contribution in [0.2, 0.25) is 5.02 Å². The van der Waals surface area contributed by atoms with Crippen LogP contribution in [-0.2, 0) is 0 Å². The Labute approximate surface area is 165 Å². The third-order valence-electron chi connectivity index (χ3n) is 3.98. The maximum absolute atomic E-state index is 12.6. The van der Waals surface area contributed by atoms with Crippen LogP contribution in [0.5, 0.6) is 0 Å². The summed E-state index contributed by atoms with van der Waals surface area (Å²) in [5, 5.41) is 5.83. The predicted octanol–water partition coefficient (Wildman–Crippen LogP) is 4.68. The molecular weight excluding hydrogens is 382 g/mol. The Morgan fingerprint density at radius 1 is 1.26 bits per heavy atom. The van der Waals surface area contributed by atoms with Gasteiger partial charge in [-0.2, -0.15) is 0 Å². The Kier molecular flexibility index (Phi) is 4.70. The van der Waals surface area contributed by atoms with Gasteiger partial charge in [0.25, 0.3) is 5.91 Å². The van der Waals surface area contributed by atoms with Crippen molar-refractivity contribution in [3.05, 3.63) is 77.1 Å². The van der Waals surface area contributed by atoms with Gasteiger partial charge in [0.2, 0.25) is 5.13 Å². The van der Waals surface area contributed by atoms with Crippen molar-refractivity contribution >= 4 is 49.9 Å². The number of amides is 1. The molecule has 2 heterocycles. The third-order valence-corrected chi connectivity index (χ3v) is 5.22. The molecule has 1 aliphatic rings. The minimum atomic E-state index is -0.207. The molecule has 1 aliphatic heterocycles. The van der Waals surface area contributed by atoms with Gasteiger partial charge in [0.05, 0.1) is 20.9 Å². The second-order valence-corrected chi connectivity index (χ2v) is 7.34. The third kappa shape index (κ3) is 3.74. The summed E-state index contributed by atoms with van der Waals surface area (Å²) in [6.45, 7) is 1.91. The van der Waals surface area contributed by atoms with Crippen LogP contribution in [0, 0.1) is 6.92 Å². The lowest BCUT2D eigenvalue weighted by Gasteiger charge is -2.21. The SMILES string of the molecule is Cc1cccc(Cl)c1NC(=O)c1ccc2nc(NN3C=CC=CN3)sc2c1. The van der Waals surface area contributed by atoms with Crippen LogP contribution in [0.25, 0.3) is 10.2 Å². The first-order valence-corrected chi connectivity index (χ1v) is 9.42. The van der Waals surface area contributed by atoms with Crippen molar-refractivity contribution in [3.8, 4) is 0 Å². The van der Waals surface area contributed by atoms with Gasteiger partial charge in [-0.15, -0.1) is 0 Å². The summed E-state index contributed by atoms with van der Waals surface area (Å²) in [5.41, 5.74) is 9.09. The van der Waals surface area contributed by atoms with E-state index in [2.05, 4.69) is 21.2 Å². The first-order chi connectivity index (χ1) is 13.1. The smallest absolute Gasteiger partial charge is 0.255 e. The Morgan fingerprint density at radius 2 is 2.15 bits per heavy atom. The van der Waals surface area contributed by atoms with E-state index in [1.807, 2.05) is 49.5 Å². The molecule has 0 saturated carbocycles. The number of hydrogen-bond donors (Lipinski definition) is 3. The summed E-state index contributed by atoms with van der Waals surface area (Å²) in [6.07, 6.45) is 7.44. The molecule has 27 heavy (non-hydrogen) atoms. The van der Waals surface area contributed by atoms with Gasteiger partial charge in [-0.3, -0.25) is 15.6 Å². The van der Waals surface area contributed by atoms with Gasteiger partial charge in [-0.05, 0) is 48.9 Å². The van der Waals surface area contributed by atoms with E-state index in [0.29, 0.717) is 16.3 Å². The molecule has 3 aromatic rings. The number of nitrogens with one attached hydrogen (secondary N) is 3. The van der Waals surface area contributed by atoms with Crippen molar-refractivity contribution in [1.82, 2.24) is 15.5 Å². The lowest BCUT2D eigenvalue weighted by atomic mass is 10.1. The Balaban J connectivity index is 1.55. The topological polar surface area (TPSA) is 69.3 Å². The molecule has 0 unspecified atom stereocenters. The van der Waals surface area contributed by atoms with E-state index in [1.165, 1.54) is 11.3 Å². The number of rotatable bonds is 4. The number of carbonyl (C=O) groups is 1. The van der Waals surface area contributed by atoms with E-state index in [9.17, 15) is 4.79 Å². The molecule has 0 saturated heterocycles. The fourth-order valence-corrected chi connectivity index (χ4v) is 3.79. The second kappa shape index (κ2) is 7.30. The van der Waals surface area contributed by atoms with E-state index >= 15 is 0 Å². The molecule has 0 radical (unpaired) electrons. The first kappa shape index (κ1) is 17.4. The number of allylic oxidation sites excluding steroid dienone is 2. The molecule has 0 atom stereocenters. The molecule has 8 heteroatoms. The Hall–Kier alpha value is -3.03. The predicted molar refractivity (Wildman–Crippen MR) is 111 cm³/mol. The lowest BCUT2D eigenvalue weighted by Crippen LogP contribution is -2.35. The van der Waals surface area contributed by atoms with Crippen LogP contribution >= 0.6 is 22.9 Å². The van der Waals surface area contributed by atoms with Crippen LogP contribution in [-0.4, -0.2) is 16.0 Å². The maximum Gasteiger partial charge on any atom is 0.255 e. The standard InChI is InChI=1S/C19H16ClN5OS/c1-12-5-4-6-14(20)17(12)23-18(26)13-7-8-15-16(11-13)27-19(22-15)24-25-10-3-2-9-21-25/h2-11,21H,1H3,(H,22,24)(H,23,26). The van der Waals surface area contributed by atoms with Gasteiger partial charge in [0.15, 0.2) is 0 Å². The fraction of sp³-hybridized carbons (Fsp3) is 0.0526. The quantitative estimate of drug-likeness (QED) is 0.596. The number of aromatic nitrogens is 1. The number of thiazole rings is 1. The van der Waals surface area contributed by atoms with Gasteiger partial charge in [-0.1, -0.05) is 35.1 Å². The minimum Gasteiger partial charge on any atom is -0.320 e. The van der Waals surface area contributed by atoms with Crippen molar-refractivity contribution in [2.45, 2.75) is 6.92 Å². The Bertz CT molecular complexity index is 1050. The number of hydrazine groups is 2. The normalized spacial score (nSPS) is 12.9. The highest BCUT2D eigenvalue weighted by atomic mass is 35.5. The van der Waals surface area contributed by atoms with Crippen LogP contribution in [0.4, 0.5) is 10.8 Å². The zero-order valence-corrected chi connectivity index (χ0v) is 15.9. The molecule has 6 nitrogen and oxygen atoms in total. The maximum atomic E-state index is 12.6. The van der Waals surface area contributed by atoms with Crippen molar-refractivity contribution in [3.63, 3.8) is 0 Å². The number of aryl methyl sites for hydroxylation is 1. The summed E-state index contributed by atoms with van der Waals surface area (Å²) in [6, 6.07) is 10.9. The molecule has 0 aliphatic carbocycles. The Morgan fingerprint density at radius 3 is 2.93 bits per heavy atom. The molecule has 136 valence electrons. The highest BCUT2D eigenvalue weighted by molar-refractivity contribution is 7.22. The molecular formula is C19H16ClN5OS. The van der Waals surface area contributed by atoms with Crippen LogP contribution in [0.1, 0.15) is 15.9 Å². The average molecular weight is 398 g/mol. The summed E-state index contributed by atoms with van der Waals surface area (Å²) in [5.74, 6) is -0.207. The number of fused-ring (bicyclic) bond motifs is 1. The van der Waals surface area contributed by atoms with Crippen LogP contribution < -0.4 is 16.2 Å². The minimum absolute atomic E-state index is 0.207. The van der Waals surface area contributed by atoms with Gasteiger partial charge < -0.3 is 5.32 Å². The summed E-state index contributed by atoms with van der Waals surface area (Å²) in [7, 11) is 0. The summed E-state index contributed by atoms with van der Waals surface area (Å²) >= 11 is 7.67. The number of nitrogens with zero attached hydrogens (tertiary/aromatic N) is 2. The lowest BCUT2D eigenvalue weighted by molar-refractivity contribution is 0.102. The number of benzene rings is 2. The molecule has 2 aromatic carbocycles. The molecule has 0 fully saturated rings. The van der Waals surface area contributed by atoms with Gasteiger partial charge in [0.1, 0.15) is 0 Å². The van der Waals surface area contributed by atoms with Gasteiger partial charge >= 0.3 is 0 Å². The van der Waals surface area contributed by atoms with E-state index in [0.717, 1.165) is 20.9 Å². The molecule has 0 bridgehead atoms. The highest BCUT2D eigenvalue weighted by Gasteiger charge is 2.13. The molecule has 1 amide bonds. The number of carbonyl (C=O) groups excluding carboxylic acids is 1. The molecule has 4 rings (SSSR count). The summed E-state index contributed by atoms with van der Waals surface area (Å²) < 4.78 is 0.914. The average Bonchev–Trinajstić information content (AvgIpc) is 3.07. The van der Waals surface area contributed by atoms with Crippen molar-refractivity contribution in [1.29, 1.82) is 0 Å². The van der Waals surface area contributed by atoms with E-state index in [1.54, 1.807) is 23.5 Å². The zero-order chi connectivity index (χ0) is 18.8. The number of hydrogen-bond acceptors (Lipinski definition) is 6. The molecule has 0 spiro atoms. The second-order valence-electron chi connectivity index (χ2n) is 5.90. The van der Waals surface area contributed by atoms with E-state index in [-0.39, 0.29) is 5.91 Å². The highest BCUT2D eigenvalue weighted by Crippen LogP contribution is 2.29. The monoisotopic (exact) mass is 397 g/mol.